The van der Waals surface area contributed by atoms with Crippen LogP contribution in [0.4, 0.5) is 5.69 Å². The molecule has 0 bridgehead atoms. The maximum Gasteiger partial charge on any atom is 0.264 e. The Kier molecular flexibility index (Phi) is 4.49. The Bertz CT molecular complexity index is 785. The van der Waals surface area contributed by atoms with Gasteiger partial charge in [-0.15, -0.1) is 0 Å². The number of benzene rings is 2. The second-order valence-corrected chi connectivity index (χ2v) is 6.83. The third-order valence-electron chi connectivity index (χ3n) is 2.88. The third kappa shape index (κ3) is 3.69. The second-order valence-electron chi connectivity index (χ2n) is 4.55. The summed E-state index contributed by atoms with van der Waals surface area (Å²) in [5, 5.41) is 12.6. The largest absolute Gasteiger partial charge is 0.508 e. The first kappa shape index (κ1) is 15.1. The van der Waals surface area contributed by atoms with E-state index in [-0.39, 0.29) is 11.7 Å². The number of amides is 1. The predicted octanol–water partition coefficient (Wildman–Crippen LogP) is 3.89. The first-order chi connectivity index (χ1) is 10.6. The van der Waals surface area contributed by atoms with Crippen LogP contribution >= 0.6 is 34.4 Å². The molecule has 0 unspecified atom stereocenters. The average Bonchev–Trinajstić information content (AvgIpc) is 2.81. The summed E-state index contributed by atoms with van der Waals surface area (Å²) in [6, 6.07) is 14.4. The van der Waals surface area contributed by atoms with Crippen molar-refractivity contribution in [3.8, 4) is 5.75 Å². The summed E-state index contributed by atoms with van der Waals surface area (Å²) >= 11 is 3.53. The van der Waals surface area contributed by atoms with E-state index in [0.717, 1.165) is 14.8 Å². The Hall–Kier alpha value is -1.80. The van der Waals surface area contributed by atoms with Crippen molar-refractivity contribution < 1.29 is 9.90 Å². The van der Waals surface area contributed by atoms with E-state index in [1.54, 1.807) is 30.3 Å². The van der Waals surface area contributed by atoms with Gasteiger partial charge in [0.2, 0.25) is 0 Å². The van der Waals surface area contributed by atoms with Crippen LogP contribution in [-0.2, 0) is 4.79 Å². The van der Waals surface area contributed by atoms with Crippen molar-refractivity contribution in [3.63, 3.8) is 0 Å². The van der Waals surface area contributed by atoms with E-state index < -0.39 is 0 Å². The normalized spacial score (nSPS) is 18.0. The molecule has 1 aliphatic rings. The van der Waals surface area contributed by atoms with Crippen LogP contribution in [0.15, 0.2) is 58.4 Å². The number of hydrogen-bond donors (Lipinski definition) is 2. The number of hydrogen-bond acceptors (Lipinski definition) is 4. The minimum Gasteiger partial charge on any atom is -0.508 e. The zero-order valence-corrected chi connectivity index (χ0v) is 14.3. The van der Waals surface area contributed by atoms with Gasteiger partial charge in [-0.2, -0.15) is 0 Å². The lowest BCUT2D eigenvalue weighted by Crippen LogP contribution is -2.19. The highest BCUT2D eigenvalue weighted by Crippen LogP contribution is 2.28. The molecule has 2 aromatic carbocycles. The van der Waals surface area contributed by atoms with Gasteiger partial charge in [0, 0.05) is 3.57 Å². The number of nitrogens with one attached hydrogen (secondary N) is 1. The number of halogens is 1. The Morgan fingerprint density at radius 3 is 2.68 bits per heavy atom. The molecule has 4 nitrogen and oxygen atoms in total. The molecule has 2 N–H and O–H groups in total. The standard InChI is InChI=1S/C16H11IN2O2S/c17-11-2-1-3-12(9-11)18-16-19-15(21)14(22-16)8-10-4-6-13(20)7-5-10/h1-9,20H,(H,18,19,21)/b14-8+. The summed E-state index contributed by atoms with van der Waals surface area (Å²) in [6.45, 7) is 0. The lowest BCUT2D eigenvalue weighted by molar-refractivity contribution is -0.115. The van der Waals surface area contributed by atoms with Gasteiger partial charge in [-0.1, -0.05) is 18.2 Å². The fourth-order valence-corrected chi connectivity index (χ4v) is 3.23. The smallest absolute Gasteiger partial charge is 0.264 e. The lowest BCUT2D eigenvalue weighted by Gasteiger charge is -1.97. The highest BCUT2D eigenvalue weighted by molar-refractivity contribution is 14.1. The number of rotatable bonds is 2. The highest BCUT2D eigenvalue weighted by atomic mass is 127. The summed E-state index contributed by atoms with van der Waals surface area (Å²) < 4.78 is 1.09. The van der Waals surface area contributed by atoms with Crippen LogP contribution in [0.3, 0.4) is 0 Å². The van der Waals surface area contributed by atoms with Crippen LogP contribution < -0.4 is 5.32 Å². The van der Waals surface area contributed by atoms with E-state index in [1.807, 2.05) is 24.3 Å². The number of carbonyl (C=O) groups excluding carboxylic acids is 1. The summed E-state index contributed by atoms with van der Waals surface area (Å²) in [5.74, 6) is 0.0362. The SMILES string of the molecule is O=C1NC(=Nc2cccc(I)c2)S/C1=C/c1ccc(O)cc1. The monoisotopic (exact) mass is 422 g/mol. The minimum atomic E-state index is -0.164. The van der Waals surface area contributed by atoms with Gasteiger partial charge >= 0.3 is 0 Å². The molecular formula is C16H11IN2O2S. The Balaban J connectivity index is 1.82. The van der Waals surface area contributed by atoms with Crippen molar-refractivity contribution in [1.29, 1.82) is 0 Å². The van der Waals surface area contributed by atoms with Crippen molar-refractivity contribution in [2.75, 3.05) is 0 Å². The zero-order chi connectivity index (χ0) is 15.5. The van der Waals surface area contributed by atoms with Crippen LogP contribution in [-0.4, -0.2) is 16.2 Å². The number of phenolic OH excluding ortho intramolecular Hbond substituents is 1. The number of amidine groups is 1. The molecule has 1 aliphatic heterocycles. The van der Waals surface area contributed by atoms with E-state index in [0.29, 0.717) is 10.1 Å². The highest BCUT2D eigenvalue weighted by Gasteiger charge is 2.23. The minimum absolute atomic E-state index is 0.164. The molecule has 2 aromatic rings. The first-order valence-corrected chi connectivity index (χ1v) is 8.34. The molecule has 0 atom stereocenters. The Morgan fingerprint density at radius 1 is 1.18 bits per heavy atom. The number of nitrogens with zero attached hydrogens (tertiary/aromatic N) is 1. The van der Waals surface area contributed by atoms with Crippen LogP contribution in [0.25, 0.3) is 6.08 Å². The van der Waals surface area contributed by atoms with Gasteiger partial charge in [-0.25, -0.2) is 4.99 Å². The fourth-order valence-electron chi connectivity index (χ4n) is 1.87. The lowest BCUT2D eigenvalue weighted by atomic mass is 10.2. The number of aromatic hydroxyl groups is 1. The molecule has 0 radical (unpaired) electrons. The zero-order valence-electron chi connectivity index (χ0n) is 11.3. The summed E-state index contributed by atoms with van der Waals surface area (Å²) in [5.41, 5.74) is 1.66. The predicted molar refractivity (Wildman–Crippen MR) is 98.1 cm³/mol. The van der Waals surface area contributed by atoms with E-state index in [9.17, 15) is 9.90 Å². The molecule has 0 aliphatic carbocycles. The molecule has 1 heterocycles. The molecule has 1 fully saturated rings. The van der Waals surface area contributed by atoms with Crippen molar-refractivity contribution in [3.05, 3.63) is 62.6 Å². The van der Waals surface area contributed by atoms with Crippen molar-refractivity contribution in [1.82, 2.24) is 5.32 Å². The van der Waals surface area contributed by atoms with Crippen LogP contribution in [0.2, 0.25) is 0 Å². The van der Waals surface area contributed by atoms with Gasteiger partial charge in [0.15, 0.2) is 5.17 Å². The summed E-state index contributed by atoms with van der Waals surface area (Å²) in [7, 11) is 0. The third-order valence-corrected chi connectivity index (χ3v) is 4.46. The molecule has 1 saturated heterocycles. The summed E-state index contributed by atoms with van der Waals surface area (Å²) in [6.07, 6.45) is 1.77. The summed E-state index contributed by atoms with van der Waals surface area (Å²) in [4.78, 5) is 17.0. The molecule has 110 valence electrons. The van der Waals surface area contributed by atoms with Gasteiger partial charge < -0.3 is 10.4 Å². The molecule has 1 amide bonds. The van der Waals surface area contributed by atoms with Gasteiger partial charge in [-0.3, -0.25) is 4.79 Å². The molecule has 22 heavy (non-hydrogen) atoms. The van der Waals surface area contributed by atoms with Gasteiger partial charge in [0.05, 0.1) is 10.6 Å². The number of carbonyl (C=O) groups is 1. The number of phenols is 1. The van der Waals surface area contributed by atoms with Crippen molar-refractivity contribution in [2.24, 2.45) is 4.99 Å². The first-order valence-electron chi connectivity index (χ1n) is 6.44. The Labute approximate surface area is 145 Å². The van der Waals surface area contributed by atoms with Crippen LogP contribution in [0.5, 0.6) is 5.75 Å². The molecule has 6 heteroatoms. The van der Waals surface area contributed by atoms with E-state index in [1.165, 1.54) is 11.8 Å². The van der Waals surface area contributed by atoms with Gasteiger partial charge in [0.25, 0.3) is 5.91 Å². The van der Waals surface area contributed by atoms with Crippen molar-refractivity contribution >= 4 is 57.2 Å². The van der Waals surface area contributed by atoms with E-state index >= 15 is 0 Å². The fraction of sp³-hybridized carbons (Fsp3) is 0. The molecular weight excluding hydrogens is 411 g/mol. The Morgan fingerprint density at radius 2 is 1.95 bits per heavy atom. The number of thioether (sulfide) groups is 1. The maximum atomic E-state index is 12.0. The van der Waals surface area contributed by atoms with E-state index in [2.05, 4.69) is 32.9 Å². The molecule has 0 saturated carbocycles. The maximum absolute atomic E-state index is 12.0. The van der Waals surface area contributed by atoms with Gasteiger partial charge in [0.1, 0.15) is 5.75 Å². The molecule has 0 spiro atoms. The number of aliphatic imine (C=N–C) groups is 1. The second kappa shape index (κ2) is 6.53. The van der Waals surface area contributed by atoms with E-state index in [4.69, 9.17) is 0 Å². The molecule has 3 rings (SSSR count). The van der Waals surface area contributed by atoms with Crippen LogP contribution in [0, 0.1) is 3.57 Å². The van der Waals surface area contributed by atoms with Crippen molar-refractivity contribution in [2.45, 2.75) is 0 Å². The van der Waals surface area contributed by atoms with Crippen LogP contribution in [0.1, 0.15) is 5.56 Å². The average molecular weight is 422 g/mol. The topological polar surface area (TPSA) is 61.7 Å². The quantitative estimate of drug-likeness (QED) is 0.571. The molecule has 0 aromatic heterocycles. The van der Waals surface area contributed by atoms with Gasteiger partial charge in [-0.05, 0) is 76.3 Å².